The number of carbonyl (C=O) groups is 1. The second-order valence-electron chi connectivity index (χ2n) is 7.83. The molecule has 0 bridgehead atoms. The Kier molecular flexibility index (Phi) is 5.79. The van der Waals surface area contributed by atoms with Gasteiger partial charge in [0, 0.05) is 29.2 Å². The van der Waals surface area contributed by atoms with E-state index >= 15 is 0 Å². The van der Waals surface area contributed by atoms with Crippen LogP contribution in [0.5, 0.6) is 0 Å². The molecule has 0 saturated carbocycles. The zero-order valence-electron chi connectivity index (χ0n) is 16.4. The Balaban J connectivity index is 1.82. The Bertz CT molecular complexity index is 990. The van der Waals surface area contributed by atoms with Crippen molar-refractivity contribution in [1.29, 1.82) is 0 Å². The summed E-state index contributed by atoms with van der Waals surface area (Å²) in [5.74, 6) is 0.872. The summed E-state index contributed by atoms with van der Waals surface area (Å²) in [5, 5.41) is 6.50. The average molecular weight is 400 g/mol. The molecule has 1 heterocycles. The number of fused-ring (bicyclic) bond motifs is 1. The summed E-state index contributed by atoms with van der Waals surface area (Å²) in [7, 11) is 0. The molecule has 3 aromatic rings. The number of imidazole rings is 1. The van der Waals surface area contributed by atoms with Crippen molar-refractivity contribution in [3.8, 4) is 0 Å². The third-order valence-electron chi connectivity index (χ3n) is 4.26. The molecule has 0 spiro atoms. The number of halogens is 1. The van der Waals surface area contributed by atoms with Crippen LogP contribution in [-0.2, 0) is 13.0 Å². The van der Waals surface area contributed by atoms with Crippen LogP contribution < -0.4 is 16.4 Å². The lowest BCUT2D eigenvalue weighted by molar-refractivity contribution is 0.232. The monoisotopic (exact) mass is 399 g/mol. The first-order valence-electron chi connectivity index (χ1n) is 9.27. The molecule has 28 heavy (non-hydrogen) atoms. The Labute approximate surface area is 170 Å². The van der Waals surface area contributed by atoms with Crippen LogP contribution in [0.25, 0.3) is 11.0 Å². The Hall–Kier alpha value is -2.73. The van der Waals surface area contributed by atoms with Crippen LogP contribution in [0, 0.1) is 0 Å². The molecule has 148 valence electrons. The van der Waals surface area contributed by atoms with Crippen LogP contribution in [0.4, 0.5) is 10.5 Å². The van der Waals surface area contributed by atoms with Gasteiger partial charge in [0.15, 0.2) is 0 Å². The van der Waals surface area contributed by atoms with Crippen molar-refractivity contribution < 1.29 is 4.79 Å². The zero-order chi connectivity index (χ0) is 20.3. The van der Waals surface area contributed by atoms with Crippen molar-refractivity contribution in [2.24, 2.45) is 0 Å². The maximum atomic E-state index is 12.0. The Morgan fingerprint density at radius 3 is 2.68 bits per heavy atom. The van der Waals surface area contributed by atoms with Gasteiger partial charge < -0.3 is 20.9 Å². The smallest absolute Gasteiger partial charge is 0.315 e. The molecule has 1 aromatic heterocycles. The number of hydrogen-bond acceptors (Lipinski definition) is 3. The highest BCUT2D eigenvalue weighted by atomic mass is 35.5. The van der Waals surface area contributed by atoms with Crippen molar-refractivity contribution in [2.75, 3.05) is 12.3 Å². The molecule has 0 atom stereocenters. The lowest BCUT2D eigenvalue weighted by Crippen LogP contribution is -2.46. The first-order chi connectivity index (χ1) is 13.2. The van der Waals surface area contributed by atoms with Gasteiger partial charge >= 0.3 is 6.03 Å². The van der Waals surface area contributed by atoms with E-state index in [1.165, 1.54) is 0 Å². The van der Waals surface area contributed by atoms with Crippen LogP contribution in [0.2, 0.25) is 5.02 Å². The number of nitrogens with one attached hydrogen (secondary N) is 2. The number of amides is 2. The Morgan fingerprint density at radius 2 is 1.96 bits per heavy atom. The molecule has 7 heteroatoms. The van der Waals surface area contributed by atoms with Crippen LogP contribution in [0.3, 0.4) is 0 Å². The number of nitrogens with zero attached hydrogens (tertiary/aromatic N) is 2. The second kappa shape index (κ2) is 8.10. The molecular formula is C21H26ClN5O. The minimum absolute atomic E-state index is 0.189. The fourth-order valence-electron chi connectivity index (χ4n) is 3.03. The van der Waals surface area contributed by atoms with Crippen molar-refractivity contribution in [3.05, 3.63) is 58.9 Å². The summed E-state index contributed by atoms with van der Waals surface area (Å²) >= 11 is 6.36. The highest BCUT2D eigenvalue weighted by molar-refractivity contribution is 6.31. The molecule has 0 aliphatic heterocycles. The highest BCUT2D eigenvalue weighted by Gasteiger charge is 2.15. The van der Waals surface area contributed by atoms with E-state index in [0.717, 1.165) is 22.4 Å². The predicted octanol–water partition coefficient (Wildman–Crippen LogP) is 3.96. The summed E-state index contributed by atoms with van der Waals surface area (Å²) in [4.78, 5) is 16.7. The van der Waals surface area contributed by atoms with Gasteiger partial charge in [0.2, 0.25) is 0 Å². The minimum atomic E-state index is -0.279. The standard InChI is InChI=1S/C21H26ClN5O/c1-21(2,3)26-20(28)24-11-10-19-25-17-12-15(23)8-9-18(17)27(19)13-14-6-4-5-7-16(14)22/h4-9,12H,10-11,13,23H2,1-3H3,(H2,24,26,28). The number of urea groups is 1. The van der Waals surface area contributed by atoms with E-state index < -0.39 is 0 Å². The molecule has 6 nitrogen and oxygen atoms in total. The van der Waals surface area contributed by atoms with Gasteiger partial charge in [-0.1, -0.05) is 29.8 Å². The van der Waals surface area contributed by atoms with E-state index in [-0.39, 0.29) is 11.6 Å². The van der Waals surface area contributed by atoms with Gasteiger partial charge in [-0.15, -0.1) is 0 Å². The number of hydrogen-bond donors (Lipinski definition) is 3. The number of anilines is 1. The van der Waals surface area contributed by atoms with Crippen LogP contribution in [-0.4, -0.2) is 27.7 Å². The number of nitrogen functional groups attached to an aromatic ring is 1. The minimum Gasteiger partial charge on any atom is -0.399 e. The highest BCUT2D eigenvalue weighted by Crippen LogP contribution is 2.23. The first kappa shape index (κ1) is 20.0. The SMILES string of the molecule is CC(C)(C)NC(=O)NCCc1nc2cc(N)ccc2n1Cc1ccccc1Cl. The van der Waals surface area contributed by atoms with Crippen LogP contribution >= 0.6 is 11.6 Å². The normalized spacial score (nSPS) is 11.6. The summed E-state index contributed by atoms with van der Waals surface area (Å²) in [5.41, 5.74) is 9.15. The number of carbonyl (C=O) groups excluding carboxylic acids is 1. The lowest BCUT2D eigenvalue weighted by Gasteiger charge is -2.20. The largest absolute Gasteiger partial charge is 0.399 e. The molecule has 0 unspecified atom stereocenters. The number of rotatable bonds is 5. The van der Waals surface area contributed by atoms with Gasteiger partial charge in [-0.25, -0.2) is 9.78 Å². The van der Waals surface area contributed by atoms with E-state index in [9.17, 15) is 4.79 Å². The van der Waals surface area contributed by atoms with E-state index in [1.807, 2.05) is 63.2 Å². The van der Waals surface area contributed by atoms with Gasteiger partial charge in [0.05, 0.1) is 17.6 Å². The number of benzene rings is 2. The van der Waals surface area contributed by atoms with Crippen molar-refractivity contribution in [3.63, 3.8) is 0 Å². The van der Waals surface area contributed by atoms with Gasteiger partial charge in [-0.05, 0) is 50.6 Å². The van der Waals surface area contributed by atoms with Gasteiger partial charge in [-0.2, -0.15) is 0 Å². The predicted molar refractivity (Wildman–Crippen MR) is 115 cm³/mol. The molecule has 0 saturated heterocycles. The van der Waals surface area contributed by atoms with E-state index in [2.05, 4.69) is 15.2 Å². The number of aromatic nitrogens is 2. The fourth-order valence-corrected chi connectivity index (χ4v) is 3.23. The zero-order valence-corrected chi connectivity index (χ0v) is 17.2. The molecule has 2 aromatic carbocycles. The van der Waals surface area contributed by atoms with E-state index in [4.69, 9.17) is 22.3 Å². The summed E-state index contributed by atoms with van der Waals surface area (Å²) in [6, 6.07) is 13.3. The molecule has 3 rings (SSSR count). The third kappa shape index (κ3) is 4.95. The lowest BCUT2D eigenvalue weighted by atomic mass is 10.1. The van der Waals surface area contributed by atoms with Crippen molar-refractivity contribution >= 4 is 34.4 Å². The van der Waals surface area contributed by atoms with Crippen LogP contribution in [0.1, 0.15) is 32.2 Å². The molecule has 0 radical (unpaired) electrons. The summed E-state index contributed by atoms with van der Waals surface area (Å²) in [6.45, 7) is 6.91. The third-order valence-corrected chi connectivity index (χ3v) is 4.63. The topological polar surface area (TPSA) is 85.0 Å². The van der Waals surface area contributed by atoms with Gasteiger partial charge in [0.25, 0.3) is 0 Å². The maximum Gasteiger partial charge on any atom is 0.315 e. The fraction of sp³-hybridized carbons (Fsp3) is 0.333. The van der Waals surface area contributed by atoms with E-state index in [1.54, 1.807) is 0 Å². The van der Waals surface area contributed by atoms with Crippen LogP contribution in [0.15, 0.2) is 42.5 Å². The molecule has 0 fully saturated rings. The average Bonchev–Trinajstić information content (AvgIpc) is 2.92. The quantitative estimate of drug-likeness (QED) is 0.567. The molecule has 0 aliphatic rings. The van der Waals surface area contributed by atoms with Crippen molar-refractivity contribution in [2.45, 2.75) is 39.3 Å². The van der Waals surface area contributed by atoms with E-state index in [0.29, 0.717) is 30.2 Å². The van der Waals surface area contributed by atoms with Gasteiger partial charge in [-0.3, -0.25) is 0 Å². The maximum absolute atomic E-state index is 12.0. The second-order valence-corrected chi connectivity index (χ2v) is 8.24. The number of nitrogens with two attached hydrogens (primary N) is 1. The van der Waals surface area contributed by atoms with Gasteiger partial charge in [0.1, 0.15) is 5.82 Å². The summed E-state index contributed by atoms with van der Waals surface area (Å²) in [6.07, 6.45) is 0.594. The Morgan fingerprint density at radius 1 is 1.21 bits per heavy atom. The first-order valence-corrected chi connectivity index (χ1v) is 9.65. The molecule has 2 amide bonds. The molecular weight excluding hydrogens is 374 g/mol. The van der Waals surface area contributed by atoms with Crippen molar-refractivity contribution in [1.82, 2.24) is 20.2 Å². The molecule has 4 N–H and O–H groups in total. The molecule has 0 aliphatic carbocycles. The summed E-state index contributed by atoms with van der Waals surface area (Å²) < 4.78 is 2.12.